The van der Waals surface area contributed by atoms with Crippen molar-refractivity contribution >= 4 is 39.1 Å². The van der Waals surface area contributed by atoms with Crippen LogP contribution in [-0.2, 0) is 14.3 Å². The zero-order chi connectivity index (χ0) is 20.2. The van der Waals surface area contributed by atoms with Crippen LogP contribution in [0.2, 0.25) is 0 Å². The van der Waals surface area contributed by atoms with Crippen LogP contribution in [0.4, 0.5) is 11.4 Å². The van der Waals surface area contributed by atoms with Crippen LogP contribution in [0, 0.1) is 0 Å². The van der Waals surface area contributed by atoms with Crippen LogP contribution >= 0.6 is 15.9 Å². The minimum absolute atomic E-state index is 0.0424. The molecule has 1 N–H and O–H groups in total. The molecule has 0 aliphatic carbocycles. The van der Waals surface area contributed by atoms with E-state index in [1.165, 1.54) is 0 Å². The third-order valence-corrected chi connectivity index (χ3v) is 5.83. The Balaban J connectivity index is 1.39. The molecule has 1 atom stereocenters. The number of carbonyl (C=O) groups is 2. The van der Waals surface area contributed by atoms with Crippen LogP contribution in [0.1, 0.15) is 24.5 Å². The maximum atomic E-state index is 12.7. The van der Waals surface area contributed by atoms with Gasteiger partial charge in [-0.25, -0.2) is 0 Å². The molecule has 6 nitrogen and oxygen atoms in total. The number of amides is 2. The zero-order valence-corrected chi connectivity index (χ0v) is 17.7. The van der Waals surface area contributed by atoms with E-state index < -0.39 is 0 Å². The zero-order valence-electron chi connectivity index (χ0n) is 16.1. The van der Waals surface area contributed by atoms with Crippen LogP contribution in [0.15, 0.2) is 53.0 Å². The Hall–Kier alpha value is -2.22. The molecule has 152 valence electrons. The number of carbonyl (C=O) groups excluding carboxylic acids is 2. The van der Waals surface area contributed by atoms with Gasteiger partial charge in [-0.2, -0.15) is 0 Å². The summed E-state index contributed by atoms with van der Waals surface area (Å²) >= 11 is 3.45. The summed E-state index contributed by atoms with van der Waals surface area (Å²) in [7, 11) is 0. The van der Waals surface area contributed by atoms with E-state index in [0.717, 1.165) is 22.1 Å². The Labute approximate surface area is 178 Å². The van der Waals surface area contributed by atoms with Gasteiger partial charge in [0.25, 0.3) is 0 Å². The van der Waals surface area contributed by atoms with Crippen molar-refractivity contribution in [3.63, 3.8) is 0 Å². The minimum atomic E-state index is -0.0828. The summed E-state index contributed by atoms with van der Waals surface area (Å²) in [5.41, 5.74) is 2.57. The van der Waals surface area contributed by atoms with Gasteiger partial charge in [-0.15, -0.1) is 0 Å². The van der Waals surface area contributed by atoms with Crippen LogP contribution in [0.5, 0.6) is 0 Å². The predicted octanol–water partition coefficient (Wildman–Crippen LogP) is 3.59. The summed E-state index contributed by atoms with van der Waals surface area (Å²) in [6, 6.07) is 15.6. The van der Waals surface area contributed by atoms with E-state index in [-0.39, 0.29) is 17.9 Å². The van der Waals surface area contributed by atoms with Gasteiger partial charge in [-0.3, -0.25) is 14.5 Å². The van der Waals surface area contributed by atoms with Crippen molar-refractivity contribution in [2.75, 3.05) is 43.0 Å². The van der Waals surface area contributed by atoms with Gasteiger partial charge in [0, 0.05) is 30.5 Å². The highest BCUT2D eigenvalue weighted by molar-refractivity contribution is 9.10. The molecule has 7 heteroatoms. The van der Waals surface area contributed by atoms with E-state index in [9.17, 15) is 9.59 Å². The Morgan fingerprint density at radius 1 is 1.14 bits per heavy atom. The molecule has 2 saturated heterocycles. The number of para-hydroxylation sites is 2. The fourth-order valence-corrected chi connectivity index (χ4v) is 4.10. The van der Waals surface area contributed by atoms with E-state index >= 15 is 0 Å². The molecule has 0 radical (unpaired) electrons. The second-order valence-electron chi connectivity index (χ2n) is 7.36. The lowest BCUT2D eigenvalue weighted by Gasteiger charge is -2.32. The van der Waals surface area contributed by atoms with Crippen molar-refractivity contribution in [3.05, 3.63) is 58.6 Å². The Bertz CT molecular complexity index is 887. The van der Waals surface area contributed by atoms with Crippen LogP contribution < -0.4 is 10.2 Å². The highest BCUT2D eigenvalue weighted by atomic mass is 79.9. The van der Waals surface area contributed by atoms with Gasteiger partial charge < -0.3 is 15.0 Å². The van der Waals surface area contributed by atoms with Crippen molar-refractivity contribution in [1.29, 1.82) is 0 Å². The largest absolute Gasteiger partial charge is 0.371 e. The maximum absolute atomic E-state index is 12.7. The number of morpholine rings is 1. The third kappa shape index (κ3) is 4.86. The Morgan fingerprint density at radius 2 is 1.93 bits per heavy atom. The monoisotopic (exact) mass is 457 g/mol. The van der Waals surface area contributed by atoms with Crippen molar-refractivity contribution in [2.24, 2.45) is 0 Å². The van der Waals surface area contributed by atoms with Gasteiger partial charge in [0.15, 0.2) is 0 Å². The summed E-state index contributed by atoms with van der Waals surface area (Å²) in [6.45, 7) is 2.96. The lowest BCUT2D eigenvalue weighted by atomic mass is 10.1. The number of anilines is 2. The molecule has 2 aromatic carbocycles. The topological polar surface area (TPSA) is 61.9 Å². The number of nitrogens with zero attached hydrogens (tertiary/aromatic N) is 2. The van der Waals surface area contributed by atoms with Gasteiger partial charge in [0.2, 0.25) is 11.8 Å². The van der Waals surface area contributed by atoms with Gasteiger partial charge in [0.1, 0.15) is 0 Å². The van der Waals surface area contributed by atoms with E-state index in [4.69, 9.17) is 4.74 Å². The highest BCUT2D eigenvalue weighted by Gasteiger charge is 2.26. The van der Waals surface area contributed by atoms with Gasteiger partial charge in [0.05, 0.1) is 30.6 Å². The van der Waals surface area contributed by atoms with E-state index in [2.05, 4.69) is 26.1 Å². The van der Waals surface area contributed by atoms with Crippen molar-refractivity contribution < 1.29 is 14.3 Å². The molecule has 2 aromatic rings. The molecular formula is C22H24BrN3O3. The smallest absolute Gasteiger partial charge is 0.238 e. The molecule has 4 rings (SSSR count). The minimum Gasteiger partial charge on any atom is -0.371 e. The average Bonchev–Trinajstić information content (AvgIpc) is 3.15. The number of hydrogen-bond acceptors (Lipinski definition) is 4. The van der Waals surface area contributed by atoms with Gasteiger partial charge in [-0.05, 0) is 36.2 Å². The molecule has 2 amide bonds. The number of ether oxygens (including phenoxy) is 1. The fourth-order valence-electron chi connectivity index (χ4n) is 3.84. The average molecular weight is 458 g/mol. The summed E-state index contributed by atoms with van der Waals surface area (Å²) in [5, 5.41) is 3.00. The molecule has 2 aliphatic rings. The molecule has 2 aliphatic heterocycles. The van der Waals surface area contributed by atoms with Crippen molar-refractivity contribution in [2.45, 2.75) is 18.9 Å². The molecule has 0 bridgehead atoms. The number of nitrogens with one attached hydrogen (secondary N) is 1. The quantitative estimate of drug-likeness (QED) is 0.744. The van der Waals surface area contributed by atoms with Crippen LogP contribution in [0.25, 0.3) is 0 Å². The summed E-state index contributed by atoms with van der Waals surface area (Å²) in [5.74, 6) is 0.0257. The Kier molecular flexibility index (Phi) is 6.28. The normalized spacial score (nSPS) is 20.1. The molecule has 2 heterocycles. The summed E-state index contributed by atoms with van der Waals surface area (Å²) in [6.07, 6.45) is 1.37. The molecule has 1 unspecified atom stereocenters. The first kappa shape index (κ1) is 20.1. The highest BCUT2D eigenvalue weighted by Crippen LogP contribution is 2.29. The number of hydrogen-bond donors (Lipinski definition) is 1. The summed E-state index contributed by atoms with van der Waals surface area (Å²) in [4.78, 5) is 28.7. The number of benzene rings is 2. The second-order valence-corrected chi connectivity index (χ2v) is 8.28. The van der Waals surface area contributed by atoms with E-state index in [0.29, 0.717) is 44.9 Å². The van der Waals surface area contributed by atoms with Crippen LogP contribution in [-0.4, -0.2) is 49.5 Å². The van der Waals surface area contributed by atoms with E-state index in [1.807, 2.05) is 48.5 Å². The lowest BCUT2D eigenvalue weighted by Crippen LogP contribution is -2.42. The lowest BCUT2D eigenvalue weighted by molar-refractivity contribution is -0.119. The van der Waals surface area contributed by atoms with E-state index in [1.54, 1.807) is 4.90 Å². The van der Waals surface area contributed by atoms with Gasteiger partial charge >= 0.3 is 0 Å². The molecule has 0 spiro atoms. The van der Waals surface area contributed by atoms with Crippen molar-refractivity contribution in [1.82, 2.24) is 4.90 Å². The molecule has 29 heavy (non-hydrogen) atoms. The van der Waals surface area contributed by atoms with Crippen LogP contribution in [0.3, 0.4) is 0 Å². The first-order valence-corrected chi connectivity index (χ1v) is 10.7. The predicted molar refractivity (Wildman–Crippen MR) is 116 cm³/mol. The van der Waals surface area contributed by atoms with Crippen molar-refractivity contribution in [3.8, 4) is 0 Å². The molecule has 0 saturated carbocycles. The maximum Gasteiger partial charge on any atom is 0.238 e. The number of rotatable bonds is 5. The molecule has 2 fully saturated rings. The number of halogens is 1. The molecular weight excluding hydrogens is 434 g/mol. The van der Waals surface area contributed by atoms with Gasteiger partial charge in [-0.1, -0.05) is 40.2 Å². The first-order chi connectivity index (χ1) is 14.1. The first-order valence-electron chi connectivity index (χ1n) is 9.89. The fraction of sp³-hybridized carbons (Fsp3) is 0.364. The molecule has 0 aromatic heterocycles. The Morgan fingerprint density at radius 3 is 2.69 bits per heavy atom. The second kappa shape index (κ2) is 9.07. The standard InChI is InChI=1S/C22H24BrN3O3/c23-17-9-7-16(8-10-17)20-14-25(12-13-29-20)15-21(27)24-18-4-1-2-5-19(18)26-11-3-6-22(26)28/h1-2,4-5,7-10,20H,3,6,11-15H2,(H,24,27). The third-order valence-electron chi connectivity index (χ3n) is 5.30. The summed E-state index contributed by atoms with van der Waals surface area (Å²) < 4.78 is 6.93. The SMILES string of the molecule is O=C(CN1CCOC(c2ccc(Br)cc2)C1)Nc1ccccc1N1CCCC1=O.